The Morgan fingerprint density at radius 3 is 1.98 bits per heavy atom. The fraction of sp³-hybridized carbons (Fsp3) is 0.373. The van der Waals surface area contributed by atoms with Gasteiger partial charge in [0, 0.05) is 54.5 Å². The second-order valence-corrected chi connectivity index (χ2v) is 32.8. The molecule has 0 saturated carbocycles. The second-order valence-electron chi connectivity index (χ2n) is 31.2. The first kappa shape index (κ1) is 95.2. The standard InChI is InChI=1S/C83H90Cl4N14O27/c1-33(2)20-47(90-5)74(114)98-65-67(109)37-9-13-51(45(86)23-37)124-53-25-39-26-54(71(53)128-81-72(70(112)69(111)55(31-102)126-81)127-60-30-83(4,73(113)34(3)123-60)91-17-19-101-18-16-58(94-82(101)121)93-59(108)15-7-35-6-11-43(84)44(85)21-35)125-52-14-10-38(24-46(52)87)68(110)66-79(119)97-64(80(120)100-122-32-57(89)107)42-27-40(103)28-50(105)61(42)41-22-36(8-12-49(41)104)62(76(116)99-66)96-77(117)63(39)95-75(115)48(29-56(88)106)92-78(65)118/h6-16,18,21-28,33-34,47-48,55,60,62-70,72-73,81,90-91,102-105,109-113H,17,19-20,29-32H2,1-5H3,(H2,88,106)(H2,89,107)(H,92,118)(H,95,115)(H,96,117)(H,97,119)(H,98,114)(H,99,116)(H,100,120)(H,93,94,108,121)/b15-7+/t34-,47+,48-,55+,60-,62+,63+,64+,65+,66-,67+,68+,69+,70-,72+,73+,81-,83-/m0/s1. The Hall–Kier alpha value is -11.9. The molecule has 7 aliphatic heterocycles. The average Bonchev–Trinajstić information content (AvgIpc) is 0.755. The minimum absolute atomic E-state index is 0.0549. The van der Waals surface area contributed by atoms with Crippen molar-refractivity contribution >= 4 is 117 Å². The Morgan fingerprint density at radius 2 is 1.35 bits per heavy atom. The van der Waals surface area contributed by atoms with Crippen LogP contribution in [0.5, 0.6) is 46.0 Å². The molecule has 682 valence electrons. The summed E-state index contributed by atoms with van der Waals surface area (Å²) in [5.74, 6) is -18.0. The van der Waals surface area contributed by atoms with Gasteiger partial charge in [-0.15, -0.1) is 0 Å². The van der Waals surface area contributed by atoms with Crippen molar-refractivity contribution in [1.82, 2.24) is 57.6 Å². The van der Waals surface area contributed by atoms with Crippen LogP contribution in [0.25, 0.3) is 17.2 Å². The minimum Gasteiger partial charge on any atom is -0.508 e. The molecule has 14 rings (SSSR count). The molecular weight excluding hydrogens is 1770 g/mol. The molecule has 0 unspecified atom stereocenters. The number of nitrogens with one attached hydrogen (secondary N) is 10. The van der Waals surface area contributed by atoms with Gasteiger partial charge in [-0.05, 0) is 145 Å². The van der Waals surface area contributed by atoms with E-state index in [0.717, 1.165) is 72.8 Å². The number of likely N-dealkylation sites (N-methyl/N-ethyl adjacent to an activating group) is 1. The number of carbonyl (C=O) groups excluding carboxylic acids is 10. The van der Waals surface area contributed by atoms with E-state index in [-0.39, 0.29) is 53.8 Å². The van der Waals surface area contributed by atoms with Crippen molar-refractivity contribution in [3.8, 4) is 57.1 Å². The summed E-state index contributed by atoms with van der Waals surface area (Å²) in [5.41, 5.74) is 8.27. The number of amides is 10. The third kappa shape index (κ3) is 21.9. The second kappa shape index (κ2) is 40.6. The Balaban J connectivity index is 0.994. The van der Waals surface area contributed by atoms with Crippen molar-refractivity contribution < 1.29 is 127 Å². The van der Waals surface area contributed by atoms with Crippen molar-refractivity contribution in [1.29, 1.82) is 0 Å². The molecule has 10 amide bonds. The van der Waals surface area contributed by atoms with E-state index in [1.807, 2.05) is 5.48 Å². The number of aromatic hydroxyl groups is 3. The highest BCUT2D eigenvalue weighted by Crippen LogP contribution is 2.50. The Bertz CT molecular complexity index is 5560. The molecule has 41 nitrogen and oxygen atoms in total. The molecular formula is C83H90Cl4N14O27. The van der Waals surface area contributed by atoms with Crippen molar-refractivity contribution in [2.45, 2.75) is 163 Å². The fourth-order valence-electron chi connectivity index (χ4n) is 15.0. The molecule has 2 saturated heterocycles. The zero-order valence-electron chi connectivity index (χ0n) is 68.3. The van der Waals surface area contributed by atoms with E-state index in [1.165, 1.54) is 49.0 Å². The summed E-state index contributed by atoms with van der Waals surface area (Å²) in [5, 5.41) is 130. The molecule has 128 heavy (non-hydrogen) atoms. The van der Waals surface area contributed by atoms with Crippen molar-refractivity contribution in [2.75, 3.05) is 32.1 Å². The Labute approximate surface area is 746 Å². The largest absolute Gasteiger partial charge is 0.508 e. The first-order chi connectivity index (χ1) is 60.7. The number of anilines is 1. The molecule has 0 spiro atoms. The molecule has 8 heterocycles. The maximum absolute atomic E-state index is 16.3. The van der Waals surface area contributed by atoms with E-state index in [2.05, 4.69) is 52.8 Å². The molecule has 1 aromatic heterocycles. The Morgan fingerprint density at radius 1 is 0.695 bits per heavy atom. The SMILES string of the molecule is CN[C@H](CC(C)C)C(=O)N[C@H]1C(=O)N[C@@H](CC(N)=O)C(=O)N[C@H]2C(=O)N[C@H]3C(=O)N[C@H](C(=O)N[C@@H](C(=O)NOCC(N)=O)c4cc(O)cc(O)c4-c4cc3ccc4O)[C@H](O)c3ccc(c(Cl)c3)Oc3cc2cc(c3O[C@@H]2O[C@H](CO)[C@@H](O)[C@H](O)[C@H]2O[C@H]2C[C@](C)(NCCn3ccc(NC(=O)/C=C/c4ccc(Cl)c(Cl)c4)nc3=O)[C@H](O)[C@H](C)O2)Oc2ccc(cc2Cl)[C@H]1O. The number of nitrogens with two attached hydrogens (primary N) is 2. The van der Waals surface area contributed by atoms with E-state index in [9.17, 15) is 74.7 Å². The van der Waals surface area contributed by atoms with Crippen molar-refractivity contribution in [3.05, 3.63) is 179 Å². The number of ether oxygens (including phenoxy) is 6. The molecule has 23 N–H and O–H groups in total. The molecule has 6 aromatic carbocycles. The fourth-order valence-corrected chi connectivity index (χ4v) is 15.7. The number of hydrogen-bond donors (Lipinski definition) is 21. The van der Waals surface area contributed by atoms with Gasteiger partial charge in [0.25, 0.3) is 5.91 Å². The lowest BCUT2D eigenvalue weighted by Gasteiger charge is -2.48. The number of aliphatic hydroxyl groups excluding tert-OH is 6. The number of aromatic nitrogens is 2. The number of benzene rings is 6. The van der Waals surface area contributed by atoms with E-state index < -0.39 is 277 Å². The van der Waals surface area contributed by atoms with Gasteiger partial charge in [0.05, 0.1) is 51.4 Å². The lowest BCUT2D eigenvalue weighted by Crippen LogP contribution is -2.65. The zero-order chi connectivity index (χ0) is 92.8. The quantitative estimate of drug-likeness (QED) is 0.0318. The van der Waals surface area contributed by atoms with Crippen LogP contribution in [0.3, 0.4) is 0 Å². The van der Waals surface area contributed by atoms with Crippen LogP contribution in [-0.2, 0) is 73.5 Å². The first-order valence-electron chi connectivity index (χ1n) is 39.6. The number of fused-ring (bicyclic) bond motifs is 15. The zero-order valence-corrected chi connectivity index (χ0v) is 71.3. The van der Waals surface area contributed by atoms with E-state index >= 15 is 24.0 Å². The molecule has 18 atom stereocenters. The van der Waals surface area contributed by atoms with Gasteiger partial charge in [-0.2, -0.15) is 4.98 Å². The maximum atomic E-state index is 16.3. The van der Waals surface area contributed by atoms with Crippen LogP contribution in [0, 0.1) is 5.92 Å². The molecule has 7 aromatic rings. The van der Waals surface area contributed by atoms with Gasteiger partial charge in [-0.1, -0.05) is 84.5 Å². The average molecular weight is 1860 g/mol. The molecule has 2 fully saturated rings. The predicted molar refractivity (Wildman–Crippen MR) is 451 cm³/mol. The van der Waals surface area contributed by atoms with Gasteiger partial charge in [0.15, 0.2) is 30.5 Å². The number of primary amides is 2. The third-order valence-electron chi connectivity index (χ3n) is 21.5. The highest BCUT2D eigenvalue weighted by molar-refractivity contribution is 6.42. The number of phenols is 3. The highest BCUT2D eigenvalue weighted by atomic mass is 35.5. The number of rotatable bonds is 23. The van der Waals surface area contributed by atoms with Crippen LogP contribution < -0.4 is 84.7 Å². The summed E-state index contributed by atoms with van der Waals surface area (Å²) >= 11 is 26.5. The smallest absolute Gasteiger partial charge is 0.349 e. The number of halogens is 4. The van der Waals surface area contributed by atoms with Gasteiger partial charge < -0.3 is 134 Å². The van der Waals surface area contributed by atoms with Crippen LogP contribution in [-0.4, -0.2) is 220 Å². The molecule has 7 aliphatic rings. The van der Waals surface area contributed by atoms with Crippen molar-refractivity contribution in [3.63, 3.8) is 0 Å². The minimum atomic E-state index is -2.42. The number of phenolic OH excluding ortho intramolecular Hbond substituents is 3. The summed E-state index contributed by atoms with van der Waals surface area (Å²) in [4.78, 5) is 167. The first-order valence-corrected chi connectivity index (χ1v) is 41.1. The predicted octanol–water partition coefficient (Wildman–Crippen LogP) is 1.40. The van der Waals surface area contributed by atoms with E-state index in [1.54, 1.807) is 39.0 Å². The summed E-state index contributed by atoms with van der Waals surface area (Å²) < 4.78 is 40.6. The molecule has 0 aliphatic carbocycles. The highest BCUT2D eigenvalue weighted by Gasteiger charge is 2.52. The Kier molecular flexibility index (Phi) is 30.2. The number of nitrogens with zero attached hydrogens (tertiary/aromatic N) is 2. The lowest BCUT2D eigenvalue weighted by atomic mass is 9.85. The van der Waals surface area contributed by atoms with Crippen molar-refractivity contribution in [2.24, 2.45) is 17.4 Å². The van der Waals surface area contributed by atoms with Crippen LogP contribution >= 0.6 is 46.4 Å². The van der Waals surface area contributed by atoms with Crippen LogP contribution in [0.2, 0.25) is 20.1 Å². The summed E-state index contributed by atoms with van der Waals surface area (Å²) in [7, 11) is 1.46. The molecule has 45 heteroatoms. The topological polar surface area (TPSA) is 625 Å². The van der Waals surface area contributed by atoms with Gasteiger partial charge in [0.2, 0.25) is 65.2 Å². The summed E-state index contributed by atoms with van der Waals surface area (Å²) in [6.45, 7) is 4.55. The monoisotopic (exact) mass is 1850 g/mol. The number of aliphatic hydroxyl groups is 6. The number of carbonyl (C=O) groups is 10. The van der Waals surface area contributed by atoms with E-state index in [0.29, 0.717) is 10.6 Å². The van der Waals surface area contributed by atoms with Gasteiger partial charge in [0.1, 0.15) is 101 Å². The van der Waals surface area contributed by atoms with E-state index in [4.69, 9.17) is 91.1 Å². The van der Waals surface area contributed by atoms with Crippen LogP contribution in [0.4, 0.5) is 5.82 Å². The molecule has 0 radical (unpaired) electrons. The summed E-state index contributed by atoms with van der Waals surface area (Å²) in [6.07, 6.45) is -15.8. The van der Waals surface area contributed by atoms with Gasteiger partial charge in [-0.25, -0.2) is 10.3 Å². The van der Waals surface area contributed by atoms with Crippen LogP contribution in [0.1, 0.15) is 111 Å². The normalized spacial score (nSPS) is 25.6. The number of hydrogen-bond acceptors (Lipinski definition) is 30. The third-order valence-corrected chi connectivity index (χ3v) is 22.8. The van der Waals surface area contributed by atoms with Gasteiger partial charge in [-0.3, -0.25) is 57.4 Å². The molecule has 11 bridgehead atoms. The maximum Gasteiger partial charge on any atom is 0.349 e. The lowest BCUT2D eigenvalue weighted by molar-refractivity contribution is -0.334. The van der Waals surface area contributed by atoms with Gasteiger partial charge >= 0.3 is 5.69 Å². The van der Waals surface area contributed by atoms with Crippen LogP contribution in [0.15, 0.2) is 120 Å². The summed E-state index contributed by atoms with van der Waals surface area (Å²) in [6, 6.07) is 4.84. The number of hydroxylamine groups is 1.